The monoisotopic (exact) mass is 343 g/mol. The van der Waals surface area contributed by atoms with Crippen molar-refractivity contribution in [3.05, 3.63) is 36.4 Å². The smallest absolute Gasteiger partial charge is 0.321 e. The van der Waals surface area contributed by atoms with Crippen LogP contribution in [0.1, 0.15) is 44.5 Å². The lowest BCUT2D eigenvalue weighted by Gasteiger charge is -2.32. The highest BCUT2D eigenvalue weighted by Crippen LogP contribution is 2.28. The number of benzene rings is 1. The van der Waals surface area contributed by atoms with Gasteiger partial charge in [-0.1, -0.05) is 6.07 Å². The lowest BCUT2D eigenvalue weighted by molar-refractivity contribution is 0.192. The van der Waals surface area contributed by atoms with E-state index in [1.54, 1.807) is 13.4 Å². The number of carbonyl (C=O) groups excluding carboxylic acids is 1. The molecule has 1 aromatic carbocycles. The van der Waals surface area contributed by atoms with E-state index in [1.807, 2.05) is 29.2 Å². The molecule has 0 atom stereocenters. The molecule has 0 aliphatic carbocycles. The Morgan fingerprint density at radius 1 is 1.32 bits per heavy atom. The fraction of sp³-hybridized carbons (Fsp3) is 0.500. The maximum atomic E-state index is 12.5. The van der Waals surface area contributed by atoms with Gasteiger partial charge in [0.05, 0.1) is 7.11 Å². The maximum absolute atomic E-state index is 12.5. The molecule has 0 radical (unpaired) electrons. The number of amides is 2. The molecule has 134 valence electrons. The summed E-state index contributed by atoms with van der Waals surface area (Å²) in [5.41, 5.74) is 0.742. The predicted octanol–water partition coefficient (Wildman–Crippen LogP) is 3.28. The fourth-order valence-corrected chi connectivity index (χ4v) is 3.19. The van der Waals surface area contributed by atoms with Crippen molar-refractivity contribution in [2.45, 2.75) is 38.6 Å². The second-order valence-corrected chi connectivity index (χ2v) is 6.61. The van der Waals surface area contributed by atoms with Crippen molar-refractivity contribution in [1.29, 1.82) is 0 Å². The number of ether oxygens (including phenoxy) is 1. The van der Waals surface area contributed by atoms with Crippen molar-refractivity contribution >= 4 is 11.7 Å². The summed E-state index contributed by atoms with van der Waals surface area (Å²) in [7, 11) is 1.61. The van der Waals surface area contributed by atoms with Crippen LogP contribution in [-0.4, -0.2) is 45.9 Å². The van der Waals surface area contributed by atoms with E-state index >= 15 is 0 Å². The molecule has 1 aliphatic heterocycles. The van der Waals surface area contributed by atoms with Crippen molar-refractivity contribution in [3.63, 3.8) is 0 Å². The van der Waals surface area contributed by atoms with Crippen LogP contribution in [0.3, 0.4) is 0 Å². The van der Waals surface area contributed by atoms with Gasteiger partial charge >= 0.3 is 6.03 Å². The Hall–Kier alpha value is -2.57. The Bertz CT molecular complexity index is 720. The number of methoxy groups -OCH3 is 1. The molecular formula is C18H25N5O2. The first-order chi connectivity index (χ1) is 12.1. The molecule has 0 unspecified atom stereocenters. The molecule has 1 saturated heterocycles. The highest BCUT2D eigenvalue weighted by Gasteiger charge is 2.27. The van der Waals surface area contributed by atoms with Crippen LogP contribution in [0, 0.1) is 0 Å². The molecule has 7 nitrogen and oxygen atoms in total. The van der Waals surface area contributed by atoms with Crippen molar-refractivity contribution in [2.24, 2.45) is 0 Å². The van der Waals surface area contributed by atoms with E-state index in [0.29, 0.717) is 25.0 Å². The molecule has 1 fully saturated rings. The molecule has 0 spiro atoms. The predicted molar refractivity (Wildman–Crippen MR) is 96.0 cm³/mol. The third kappa shape index (κ3) is 3.92. The van der Waals surface area contributed by atoms with E-state index in [-0.39, 0.29) is 6.03 Å². The van der Waals surface area contributed by atoms with E-state index in [4.69, 9.17) is 4.74 Å². The minimum atomic E-state index is -0.0722. The van der Waals surface area contributed by atoms with Crippen LogP contribution in [0.5, 0.6) is 5.75 Å². The molecule has 2 aromatic rings. The third-order valence-corrected chi connectivity index (χ3v) is 4.63. The van der Waals surface area contributed by atoms with Gasteiger partial charge in [0.25, 0.3) is 0 Å². The topological polar surface area (TPSA) is 72.3 Å². The van der Waals surface area contributed by atoms with Crippen molar-refractivity contribution in [1.82, 2.24) is 19.7 Å². The summed E-state index contributed by atoms with van der Waals surface area (Å²) in [6.45, 7) is 5.68. The van der Waals surface area contributed by atoms with Gasteiger partial charge in [-0.3, -0.25) is 0 Å². The Morgan fingerprint density at radius 3 is 2.76 bits per heavy atom. The van der Waals surface area contributed by atoms with E-state index in [9.17, 15) is 4.79 Å². The highest BCUT2D eigenvalue weighted by atomic mass is 16.5. The lowest BCUT2D eigenvalue weighted by atomic mass is 9.96. The molecule has 0 bridgehead atoms. The average molecular weight is 343 g/mol. The zero-order chi connectivity index (χ0) is 17.8. The number of piperidine rings is 1. The highest BCUT2D eigenvalue weighted by molar-refractivity contribution is 5.89. The number of hydrogen-bond donors (Lipinski definition) is 1. The van der Waals surface area contributed by atoms with Crippen LogP contribution in [-0.2, 0) is 0 Å². The molecule has 1 N–H and O–H groups in total. The Kier molecular flexibility index (Phi) is 5.21. The van der Waals surface area contributed by atoms with Crippen LogP contribution in [0.25, 0.3) is 0 Å². The van der Waals surface area contributed by atoms with Crippen LogP contribution < -0.4 is 10.1 Å². The number of nitrogens with one attached hydrogen (secondary N) is 1. The first kappa shape index (κ1) is 17.3. The number of hydrogen-bond acceptors (Lipinski definition) is 4. The lowest BCUT2D eigenvalue weighted by Crippen LogP contribution is -2.41. The zero-order valence-electron chi connectivity index (χ0n) is 15.0. The molecule has 7 heteroatoms. The molecule has 2 heterocycles. The number of aromatic nitrogens is 3. The van der Waals surface area contributed by atoms with Crippen LogP contribution in [0.4, 0.5) is 10.5 Å². The summed E-state index contributed by atoms with van der Waals surface area (Å²) in [6, 6.07) is 7.66. The summed E-state index contributed by atoms with van der Waals surface area (Å²) in [5, 5.41) is 11.3. The number of anilines is 1. The van der Waals surface area contributed by atoms with Gasteiger partial charge in [-0.2, -0.15) is 0 Å². The first-order valence-electron chi connectivity index (χ1n) is 8.68. The van der Waals surface area contributed by atoms with E-state index < -0.39 is 0 Å². The van der Waals surface area contributed by atoms with Crippen molar-refractivity contribution in [2.75, 3.05) is 25.5 Å². The summed E-state index contributed by atoms with van der Waals surface area (Å²) in [6.07, 6.45) is 3.59. The minimum absolute atomic E-state index is 0.0722. The minimum Gasteiger partial charge on any atom is -0.497 e. The molecule has 2 amide bonds. The molecule has 25 heavy (non-hydrogen) atoms. The third-order valence-electron chi connectivity index (χ3n) is 4.63. The maximum Gasteiger partial charge on any atom is 0.321 e. The standard InChI is InChI=1S/C18H25N5O2/c1-13(2)23-12-19-21-17(23)14-7-9-22(10-8-14)18(24)20-15-5-4-6-16(11-15)25-3/h4-6,11-14H,7-10H2,1-3H3,(H,20,24). The van der Waals surface area contributed by atoms with Gasteiger partial charge in [-0.15, -0.1) is 10.2 Å². The average Bonchev–Trinajstić information content (AvgIpc) is 3.12. The summed E-state index contributed by atoms with van der Waals surface area (Å²) in [4.78, 5) is 14.3. The molecule has 3 rings (SSSR count). The SMILES string of the molecule is COc1cccc(NC(=O)N2CCC(c3nncn3C(C)C)CC2)c1. The summed E-state index contributed by atoms with van der Waals surface area (Å²) in [5.74, 6) is 2.11. The van der Waals surface area contributed by atoms with Gasteiger partial charge in [0.15, 0.2) is 0 Å². The largest absolute Gasteiger partial charge is 0.497 e. The Balaban J connectivity index is 1.58. The van der Waals surface area contributed by atoms with Gasteiger partial charge in [-0.05, 0) is 38.8 Å². The summed E-state index contributed by atoms with van der Waals surface area (Å²) >= 11 is 0. The second kappa shape index (κ2) is 7.55. The number of urea groups is 1. The van der Waals surface area contributed by atoms with E-state index in [0.717, 1.165) is 30.1 Å². The molecule has 1 aromatic heterocycles. The quantitative estimate of drug-likeness (QED) is 0.925. The Morgan fingerprint density at radius 2 is 2.08 bits per heavy atom. The summed E-state index contributed by atoms with van der Waals surface area (Å²) < 4.78 is 7.31. The zero-order valence-corrected chi connectivity index (χ0v) is 15.0. The van der Waals surface area contributed by atoms with Crippen LogP contribution in [0.2, 0.25) is 0 Å². The van der Waals surface area contributed by atoms with Gasteiger partial charge < -0.3 is 19.5 Å². The number of nitrogens with zero attached hydrogens (tertiary/aromatic N) is 4. The molecule has 0 saturated carbocycles. The van der Waals surface area contributed by atoms with Crippen molar-refractivity contribution < 1.29 is 9.53 Å². The van der Waals surface area contributed by atoms with Crippen molar-refractivity contribution in [3.8, 4) is 5.75 Å². The Labute approximate surface area is 148 Å². The second-order valence-electron chi connectivity index (χ2n) is 6.61. The van der Waals surface area contributed by atoms with Gasteiger partial charge in [0.2, 0.25) is 0 Å². The number of rotatable bonds is 4. The number of carbonyl (C=O) groups is 1. The van der Waals surface area contributed by atoms with Crippen LogP contribution >= 0.6 is 0 Å². The van der Waals surface area contributed by atoms with Crippen LogP contribution in [0.15, 0.2) is 30.6 Å². The van der Waals surface area contributed by atoms with Gasteiger partial charge in [-0.25, -0.2) is 4.79 Å². The van der Waals surface area contributed by atoms with E-state index in [1.165, 1.54) is 0 Å². The first-order valence-corrected chi connectivity index (χ1v) is 8.68. The van der Waals surface area contributed by atoms with E-state index in [2.05, 4.69) is 33.9 Å². The van der Waals surface area contributed by atoms with Gasteiger partial charge in [0, 0.05) is 36.8 Å². The fourth-order valence-electron chi connectivity index (χ4n) is 3.19. The molecular weight excluding hydrogens is 318 g/mol. The number of likely N-dealkylation sites (tertiary alicyclic amines) is 1. The molecule has 1 aliphatic rings. The van der Waals surface area contributed by atoms with Gasteiger partial charge in [0.1, 0.15) is 17.9 Å². The normalized spacial score (nSPS) is 15.4.